The first kappa shape index (κ1) is 20.8. The third-order valence-electron chi connectivity index (χ3n) is 6.54. The van der Waals surface area contributed by atoms with Gasteiger partial charge >= 0.3 is 12.0 Å². The van der Waals surface area contributed by atoms with E-state index in [1.165, 1.54) is 38.5 Å². The minimum Gasteiger partial charge on any atom is -0.496 e. The lowest BCUT2D eigenvalue weighted by Gasteiger charge is -2.56. The number of amides is 3. The van der Waals surface area contributed by atoms with Crippen molar-refractivity contribution in [1.82, 2.24) is 10.6 Å². The van der Waals surface area contributed by atoms with Crippen molar-refractivity contribution in [1.29, 1.82) is 0 Å². The quantitative estimate of drug-likeness (QED) is 0.483. The van der Waals surface area contributed by atoms with Crippen molar-refractivity contribution in [3.63, 3.8) is 0 Å². The number of esters is 1. The maximum absolute atomic E-state index is 12.4. The van der Waals surface area contributed by atoms with E-state index in [1.54, 1.807) is 0 Å². The van der Waals surface area contributed by atoms with E-state index < -0.39 is 24.5 Å². The predicted octanol–water partition coefficient (Wildman–Crippen LogP) is 2.88. The van der Waals surface area contributed by atoms with Gasteiger partial charge in [-0.25, -0.2) is 9.59 Å². The smallest absolute Gasteiger partial charge is 0.342 e. The van der Waals surface area contributed by atoms with Crippen LogP contribution < -0.4 is 21.1 Å². The molecule has 0 atom stereocenters. The second-order valence-electron chi connectivity index (χ2n) is 8.85. The van der Waals surface area contributed by atoms with E-state index in [1.807, 2.05) is 0 Å². The molecular weight excluding hydrogens is 410 g/mol. The maximum atomic E-state index is 12.4. The Morgan fingerprint density at radius 1 is 1.13 bits per heavy atom. The van der Waals surface area contributed by atoms with Crippen LogP contribution >= 0.6 is 11.6 Å². The second kappa shape index (κ2) is 7.98. The van der Waals surface area contributed by atoms with Gasteiger partial charge in [0.25, 0.3) is 5.91 Å². The molecule has 1 aromatic rings. The summed E-state index contributed by atoms with van der Waals surface area (Å²) in [5, 5.41) is 5.48. The zero-order valence-corrected chi connectivity index (χ0v) is 17.6. The highest BCUT2D eigenvalue weighted by Crippen LogP contribution is 2.55. The third kappa shape index (κ3) is 4.19. The molecule has 0 aliphatic heterocycles. The van der Waals surface area contributed by atoms with E-state index in [9.17, 15) is 14.4 Å². The molecule has 0 aromatic heterocycles. The molecular formula is C21H26ClN3O5. The van der Waals surface area contributed by atoms with Gasteiger partial charge in [-0.2, -0.15) is 0 Å². The van der Waals surface area contributed by atoms with Crippen molar-refractivity contribution in [2.75, 3.05) is 19.5 Å². The number of rotatable bonds is 5. The summed E-state index contributed by atoms with van der Waals surface area (Å²) < 4.78 is 10.1. The number of ether oxygens (including phenoxy) is 2. The number of nitrogen functional groups attached to an aromatic ring is 1. The average molecular weight is 436 g/mol. The summed E-state index contributed by atoms with van der Waals surface area (Å²) in [5.74, 6) is 0.707. The lowest BCUT2D eigenvalue weighted by Crippen LogP contribution is -2.62. The van der Waals surface area contributed by atoms with Gasteiger partial charge < -0.3 is 20.5 Å². The molecule has 0 saturated heterocycles. The number of nitrogens with one attached hydrogen (secondary N) is 2. The fourth-order valence-electron chi connectivity index (χ4n) is 5.80. The van der Waals surface area contributed by atoms with Gasteiger partial charge in [0.2, 0.25) is 0 Å². The van der Waals surface area contributed by atoms with Crippen LogP contribution in [0, 0.1) is 17.8 Å². The van der Waals surface area contributed by atoms with Gasteiger partial charge in [-0.3, -0.25) is 10.1 Å². The fourth-order valence-corrected chi connectivity index (χ4v) is 5.97. The molecule has 4 aliphatic carbocycles. The van der Waals surface area contributed by atoms with Gasteiger partial charge in [0.1, 0.15) is 11.3 Å². The van der Waals surface area contributed by atoms with E-state index in [4.69, 9.17) is 26.8 Å². The summed E-state index contributed by atoms with van der Waals surface area (Å²) in [7, 11) is 1.38. The minimum atomic E-state index is -0.801. The molecule has 0 radical (unpaired) electrons. The summed E-state index contributed by atoms with van der Waals surface area (Å²) in [6.07, 6.45) is 6.72. The number of imide groups is 1. The highest BCUT2D eigenvalue weighted by Gasteiger charge is 2.51. The highest BCUT2D eigenvalue weighted by atomic mass is 35.5. The van der Waals surface area contributed by atoms with E-state index >= 15 is 0 Å². The zero-order valence-electron chi connectivity index (χ0n) is 16.8. The van der Waals surface area contributed by atoms with Gasteiger partial charge in [0.05, 0.1) is 17.8 Å². The molecule has 4 bridgehead atoms. The molecule has 5 rings (SSSR count). The molecule has 1 aromatic carbocycles. The monoisotopic (exact) mass is 435 g/mol. The zero-order chi connectivity index (χ0) is 21.5. The van der Waals surface area contributed by atoms with Crippen molar-refractivity contribution >= 4 is 35.2 Å². The van der Waals surface area contributed by atoms with E-state index in [2.05, 4.69) is 10.6 Å². The van der Waals surface area contributed by atoms with Gasteiger partial charge in [0, 0.05) is 11.6 Å². The SMILES string of the molecule is COc1cc(N)c(Cl)cc1C(=O)OCC(=O)NC(=O)NC12CC3CC(CC(C3)C1)C2. The first-order valence-corrected chi connectivity index (χ1v) is 10.6. The molecule has 0 heterocycles. The van der Waals surface area contributed by atoms with E-state index in [-0.39, 0.29) is 27.6 Å². The first-order chi connectivity index (χ1) is 14.3. The molecule has 4 fully saturated rings. The van der Waals surface area contributed by atoms with Gasteiger partial charge in [-0.1, -0.05) is 11.6 Å². The fraction of sp³-hybridized carbons (Fsp3) is 0.571. The number of urea groups is 1. The van der Waals surface area contributed by atoms with Crippen LogP contribution in [0.15, 0.2) is 12.1 Å². The molecule has 4 N–H and O–H groups in total. The van der Waals surface area contributed by atoms with Gasteiger partial charge in [0.15, 0.2) is 6.61 Å². The van der Waals surface area contributed by atoms with Crippen LogP contribution in [-0.4, -0.2) is 37.2 Å². The summed E-state index contributed by atoms with van der Waals surface area (Å²) >= 11 is 5.95. The molecule has 9 heteroatoms. The largest absolute Gasteiger partial charge is 0.496 e. The summed E-state index contributed by atoms with van der Waals surface area (Å²) in [5.41, 5.74) is 5.79. The minimum absolute atomic E-state index is 0.0440. The Bertz CT molecular complexity index is 852. The number of anilines is 1. The topological polar surface area (TPSA) is 120 Å². The van der Waals surface area contributed by atoms with E-state index in [0.717, 1.165) is 19.3 Å². The first-order valence-electron chi connectivity index (χ1n) is 10.2. The van der Waals surface area contributed by atoms with Crippen LogP contribution in [0.2, 0.25) is 5.02 Å². The number of halogens is 1. The number of carbonyl (C=O) groups is 3. The molecule has 162 valence electrons. The van der Waals surface area contributed by atoms with Gasteiger partial charge in [-0.15, -0.1) is 0 Å². The predicted molar refractivity (Wildman–Crippen MR) is 110 cm³/mol. The molecule has 30 heavy (non-hydrogen) atoms. The Hall–Kier alpha value is -2.48. The lowest BCUT2D eigenvalue weighted by atomic mass is 9.53. The lowest BCUT2D eigenvalue weighted by molar-refractivity contribution is -0.123. The van der Waals surface area contributed by atoms with Gasteiger partial charge in [-0.05, 0) is 62.3 Å². The van der Waals surface area contributed by atoms with Crippen LogP contribution in [0.1, 0.15) is 48.9 Å². The molecule has 0 unspecified atom stereocenters. The Morgan fingerprint density at radius 3 is 2.30 bits per heavy atom. The maximum Gasteiger partial charge on any atom is 0.342 e. The summed E-state index contributed by atoms with van der Waals surface area (Å²) in [6, 6.07) is 2.18. The second-order valence-corrected chi connectivity index (χ2v) is 9.26. The van der Waals surface area contributed by atoms with Crippen LogP contribution in [-0.2, 0) is 9.53 Å². The Morgan fingerprint density at radius 2 is 1.73 bits per heavy atom. The molecule has 4 aliphatic rings. The van der Waals surface area contributed by atoms with Crippen LogP contribution in [0.4, 0.5) is 10.5 Å². The molecule has 4 saturated carbocycles. The number of carbonyl (C=O) groups excluding carboxylic acids is 3. The summed E-state index contributed by atoms with van der Waals surface area (Å²) in [6.45, 7) is -0.599. The van der Waals surface area contributed by atoms with Crippen molar-refractivity contribution in [2.24, 2.45) is 17.8 Å². The average Bonchev–Trinajstić information content (AvgIpc) is 2.66. The highest BCUT2D eigenvalue weighted by molar-refractivity contribution is 6.33. The van der Waals surface area contributed by atoms with Crippen LogP contribution in [0.3, 0.4) is 0 Å². The number of benzene rings is 1. The van der Waals surface area contributed by atoms with Crippen LogP contribution in [0.25, 0.3) is 0 Å². The normalized spacial score (nSPS) is 28.7. The number of nitrogens with two attached hydrogens (primary N) is 1. The third-order valence-corrected chi connectivity index (χ3v) is 6.87. The van der Waals surface area contributed by atoms with Crippen molar-refractivity contribution < 1.29 is 23.9 Å². The molecule has 0 spiro atoms. The Kier molecular flexibility index (Phi) is 5.53. The van der Waals surface area contributed by atoms with Crippen molar-refractivity contribution in [2.45, 2.75) is 44.1 Å². The number of hydrogen-bond donors (Lipinski definition) is 3. The summed E-state index contributed by atoms with van der Waals surface area (Å²) in [4.78, 5) is 36.8. The van der Waals surface area contributed by atoms with Crippen molar-refractivity contribution in [3.8, 4) is 5.75 Å². The number of methoxy groups -OCH3 is 1. The van der Waals surface area contributed by atoms with Crippen molar-refractivity contribution in [3.05, 3.63) is 22.7 Å². The van der Waals surface area contributed by atoms with E-state index in [0.29, 0.717) is 17.8 Å². The number of hydrogen-bond acceptors (Lipinski definition) is 6. The molecule has 8 nitrogen and oxygen atoms in total. The standard InChI is InChI=1S/C21H26ClN3O5/c1-29-17-6-16(23)15(22)5-14(17)19(27)30-10-18(26)24-20(28)25-21-7-11-2-12(8-21)4-13(3-11)9-21/h5-6,11-13H,2-4,7-10,23H2,1H3,(H2,24,25,26,28). The van der Waals surface area contributed by atoms with Crippen LogP contribution in [0.5, 0.6) is 5.75 Å². The Labute approximate surface area is 179 Å². The molecule has 3 amide bonds. The Balaban J connectivity index is 1.29.